The zero-order valence-electron chi connectivity index (χ0n) is 46.1. The highest BCUT2D eigenvalue weighted by Crippen LogP contribution is 2.37. The summed E-state index contributed by atoms with van der Waals surface area (Å²) in [5, 5.41) is 3.60. The lowest BCUT2D eigenvalue weighted by Crippen LogP contribution is -2.10. The Morgan fingerprint density at radius 2 is 0.783 bits per heavy atom. The molecular weight excluding hydrogens is 1230 g/mol. The van der Waals surface area contributed by atoms with Crippen LogP contribution in [0.2, 0.25) is 40.2 Å². The minimum Gasteiger partial charge on any atom is -0.501 e. The zero-order valence-corrected chi connectivity index (χ0v) is 52.2. The third-order valence-corrected chi connectivity index (χ3v) is 11.4. The number of allylic oxidation sites excluding steroid dienone is 8. The van der Waals surface area contributed by atoms with Gasteiger partial charge in [-0.2, -0.15) is 0 Å². The fraction of sp³-hybridized carbons (Fsp3) is 0.333. The Hall–Kier alpha value is -5.54. The van der Waals surface area contributed by atoms with Crippen LogP contribution in [0, 0.1) is 0 Å². The zero-order chi connectivity index (χ0) is 60.4. The molecule has 0 heterocycles. The molecule has 20 heteroatoms. The Labute approximate surface area is 532 Å². The highest BCUT2D eigenvalue weighted by Gasteiger charge is 2.16. The molecule has 0 spiro atoms. The Kier molecular flexibility index (Phi) is 46.8. The van der Waals surface area contributed by atoms with E-state index in [9.17, 15) is 9.59 Å². The highest BCUT2D eigenvalue weighted by atomic mass is 35.5. The first-order valence-electron chi connectivity index (χ1n) is 25.2. The lowest BCUT2D eigenvalue weighted by atomic mass is 10.1. The lowest BCUT2D eigenvalue weighted by molar-refractivity contribution is 0.0523. The molecule has 458 valence electrons. The fourth-order valence-electron chi connectivity index (χ4n) is 5.42. The molecule has 0 radical (unpaired) electrons. The number of ether oxygens (including phenoxy) is 10. The van der Waals surface area contributed by atoms with Gasteiger partial charge in [-0.3, -0.25) is 0 Å². The summed E-state index contributed by atoms with van der Waals surface area (Å²) < 4.78 is 53.1. The molecule has 0 saturated heterocycles. The van der Waals surface area contributed by atoms with Crippen LogP contribution >= 0.6 is 92.8 Å². The normalized spacial score (nSPS) is 10.3. The number of hydrogen-bond acceptors (Lipinski definition) is 12. The van der Waals surface area contributed by atoms with Crippen LogP contribution in [0.25, 0.3) is 0 Å². The topological polar surface area (TPSA) is 126 Å². The molecule has 0 fully saturated rings. The highest BCUT2D eigenvalue weighted by molar-refractivity contribution is 6.42. The van der Waals surface area contributed by atoms with Crippen LogP contribution in [0.15, 0.2) is 159 Å². The van der Waals surface area contributed by atoms with Crippen molar-refractivity contribution in [2.45, 2.75) is 75.2 Å². The second-order valence-corrected chi connectivity index (χ2v) is 19.8. The van der Waals surface area contributed by atoms with Gasteiger partial charge in [-0.25, -0.2) is 9.59 Å². The van der Waals surface area contributed by atoms with Gasteiger partial charge >= 0.3 is 11.9 Å². The Morgan fingerprint density at radius 1 is 0.434 bits per heavy atom. The van der Waals surface area contributed by atoms with E-state index in [1.807, 2.05) is 26.8 Å². The van der Waals surface area contributed by atoms with E-state index >= 15 is 0 Å². The van der Waals surface area contributed by atoms with Gasteiger partial charge in [0, 0.05) is 41.8 Å². The predicted octanol–water partition coefficient (Wildman–Crippen LogP) is 20.7. The average molecular weight is 1310 g/mol. The molecule has 0 aliphatic carbocycles. The van der Waals surface area contributed by atoms with Crippen molar-refractivity contribution in [3.8, 4) is 23.0 Å². The van der Waals surface area contributed by atoms with Crippen LogP contribution in [-0.4, -0.2) is 78.0 Å². The van der Waals surface area contributed by atoms with Crippen molar-refractivity contribution in [2.75, 3.05) is 66.1 Å². The van der Waals surface area contributed by atoms with E-state index in [1.54, 1.807) is 118 Å². The first-order chi connectivity index (χ1) is 38.7. The van der Waals surface area contributed by atoms with Crippen molar-refractivity contribution < 1.29 is 57.0 Å². The van der Waals surface area contributed by atoms with Crippen molar-refractivity contribution in [2.24, 2.45) is 0 Å². The maximum Gasteiger partial charge on any atom is 0.338 e. The molecule has 0 saturated carbocycles. The number of esters is 2. The summed E-state index contributed by atoms with van der Waals surface area (Å²) in [6.07, 6.45) is 18.0. The molecule has 0 amide bonds. The van der Waals surface area contributed by atoms with E-state index < -0.39 is 11.9 Å². The molecule has 0 aliphatic rings. The van der Waals surface area contributed by atoms with Crippen molar-refractivity contribution in [1.29, 1.82) is 0 Å². The minimum absolute atomic E-state index is 0. The van der Waals surface area contributed by atoms with E-state index in [0.717, 1.165) is 36.0 Å². The molecule has 12 nitrogen and oxygen atoms in total. The number of benzene rings is 4. The fourth-order valence-corrected chi connectivity index (χ4v) is 7.56. The SMILES string of the molecule is C.C.C=C(C)C=COCCCOc1c(Cl)cc(Cl)cc1Cl.C=C(C)C=COCCCOc1cc(C(=O)OCC)cc(C(=O)OCC)c1.C=C(C)C=COCCCOc1ccc(Cl)c(Cl)c1.C=CC=COCCCOc1c(Cl)cc(Cl)cc1Cl. The lowest BCUT2D eigenvalue weighted by Gasteiger charge is -2.11. The van der Waals surface area contributed by atoms with Crippen molar-refractivity contribution in [3.63, 3.8) is 0 Å². The van der Waals surface area contributed by atoms with Crippen molar-refractivity contribution >= 4 is 105 Å². The second kappa shape index (κ2) is 48.8. The number of hydrogen-bond donors (Lipinski definition) is 0. The summed E-state index contributed by atoms with van der Waals surface area (Å²) in [6.45, 7) is 28.4. The molecule has 0 N–H and O–H groups in total. The average Bonchev–Trinajstić information content (AvgIpc) is 3.49. The summed E-state index contributed by atoms with van der Waals surface area (Å²) >= 11 is 47.2. The van der Waals surface area contributed by atoms with Crippen molar-refractivity contribution in [1.82, 2.24) is 0 Å². The molecule has 0 aromatic heterocycles. The molecule has 4 rings (SSSR count). The van der Waals surface area contributed by atoms with E-state index in [-0.39, 0.29) is 39.2 Å². The van der Waals surface area contributed by atoms with E-state index in [0.29, 0.717) is 122 Å². The van der Waals surface area contributed by atoms with Gasteiger partial charge < -0.3 is 47.4 Å². The summed E-state index contributed by atoms with van der Waals surface area (Å²) in [4.78, 5) is 23.9. The molecule has 83 heavy (non-hydrogen) atoms. The first-order valence-corrected chi connectivity index (χ1v) is 28.2. The molecule has 4 aromatic carbocycles. The van der Waals surface area contributed by atoms with Crippen LogP contribution in [0.1, 0.15) is 95.9 Å². The third kappa shape index (κ3) is 38.8. The molecule has 0 unspecified atom stereocenters. The quantitative estimate of drug-likeness (QED) is 0.0200. The molecule has 0 aliphatic heterocycles. The summed E-state index contributed by atoms with van der Waals surface area (Å²) in [5.41, 5.74) is 3.29. The second-order valence-electron chi connectivity index (χ2n) is 16.5. The summed E-state index contributed by atoms with van der Waals surface area (Å²) in [5.74, 6) is 0.973. The van der Waals surface area contributed by atoms with Crippen LogP contribution in [0.4, 0.5) is 0 Å². The Bertz CT molecular complexity index is 2620. The molecule has 0 bridgehead atoms. The van der Waals surface area contributed by atoms with E-state index in [4.69, 9.17) is 140 Å². The van der Waals surface area contributed by atoms with Gasteiger partial charge in [0.15, 0.2) is 11.5 Å². The van der Waals surface area contributed by atoms with Gasteiger partial charge in [0.05, 0.1) is 132 Å². The predicted molar refractivity (Wildman–Crippen MR) is 347 cm³/mol. The van der Waals surface area contributed by atoms with Gasteiger partial charge in [0.2, 0.25) is 0 Å². The van der Waals surface area contributed by atoms with Crippen LogP contribution in [0.5, 0.6) is 23.0 Å². The number of halogens is 8. The smallest absolute Gasteiger partial charge is 0.338 e. The number of rotatable bonds is 32. The maximum absolute atomic E-state index is 12.0. The Balaban J connectivity index is 0. The number of carbonyl (C=O) groups is 2. The van der Waals surface area contributed by atoms with E-state index in [2.05, 4.69) is 26.3 Å². The maximum atomic E-state index is 12.0. The summed E-state index contributed by atoms with van der Waals surface area (Å²) in [6, 6.07) is 16.1. The van der Waals surface area contributed by atoms with Gasteiger partial charge in [0.25, 0.3) is 0 Å². The van der Waals surface area contributed by atoms with Crippen LogP contribution < -0.4 is 18.9 Å². The van der Waals surface area contributed by atoms with Crippen LogP contribution in [0.3, 0.4) is 0 Å². The third-order valence-electron chi connectivity index (χ3n) is 9.06. The largest absolute Gasteiger partial charge is 0.501 e. The molecular formula is C63H78Cl8O12. The molecule has 0 atom stereocenters. The summed E-state index contributed by atoms with van der Waals surface area (Å²) in [7, 11) is 0. The number of carbonyl (C=O) groups excluding carboxylic acids is 2. The van der Waals surface area contributed by atoms with Gasteiger partial charge in [0.1, 0.15) is 11.5 Å². The van der Waals surface area contributed by atoms with Crippen molar-refractivity contribution in [3.05, 3.63) is 210 Å². The first kappa shape index (κ1) is 79.5. The van der Waals surface area contributed by atoms with Gasteiger partial charge in [-0.15, -0.1) is 0 Å². The standard InChI is InChI=1S/C20H26O6.C14H15Cl3O2.C14H16Cl2O2.C13H13Cl3O2.2CH4/c1-5-24-19(21)16-12-17(20(22)25-6-2)14-18(13-16)26-10-7-9-23-11-8-15(3)4;1-10(2)4-7-18-5-3-6-19-14-12(16)8-11(15)9-13(14)17;1-11(2)6-9-17-7-3-8-18-12-4-5-13(15)14(16)10-12;1-2-3-5-17-6-4-7-18-13-11(15)8-10(14)9-12(13)16;;/h8,11-14H,3,5-7,9-10H2,1-2,4H3;4,7-9H,1,3,5-6H2,2H3;4-6,9-10H,1,3,7-8H2,2H3;2-3,5,8-9H,1,4,6-7H2;2*1H4. The Morgan fingerprint density at radius 3 is 1.12 bits per heavy atom. The van der Waals surface area contributed by atoms with Gasteiger partial charge in [-0.1, -0.05) is 157 Å². The van der Waals surface area contributed by atoms with Crippen LogP contribution in [-0.2, 0) is 28.4 Å². The van der Waals surface area contributed by atoms with E-state index in [1.165, 1.54) is 6.07 Å². The molecule has 4 aromatic rings. The minimum atomic E-state index is -0.517. The van der Waals surface area contributed by atoms with Gasteiger partial charge in [-0.05, 0) is 114 Å². The monoisotopic (exact) mass is 1310 g/mol.